The van der Waals surface area contributed by atoms with Gasteiger partial charge in [-0.15, -0.1) is 0 Å². The van der Waals surface area contributed by atoms with Crippen molar-refractivity contribution in [3.05, 3.63) is 47.5 Å². The Morgan fingerprint density at radius 3 is 2.50 bits per heavy atom. The number of fused-ring (bicyclic) bond motifs is 1. The van der Waals surface area contributed by atoms with Crippen LogP contribution in [0, 0.1) is 0 Å². The number of benzene rings is 2. The van der Waals surface area contributed by atoms with Gasteiger partial charge in [-0.3, -0.25) is 10.1 Å². The van der Waals surface area contributed by atoms with Gasteiger partial charge in [-0.1, -0.05) is 6.07 Å². The fourth-order valence-corrected chi connectivity index (χ4v) is 3.49. The molecule has 0 saturated carbocycles. The van der Waals surface area contributed by atoms with E-state index >= 15 is 0 Å². The highest BCUT2D eigenvalue weighted by atomic mass is 19.4. The average Bonchev–Trinajstić information content (AvgIpc) is 3.05. The number of hydrogen-bond acceptors (Lipinski definition) is 6. The number of rotatable bonds is 5. The molecule has 170 valence electrons. The van der Waals surface area contributed by atoms with Gasteiger partial charge in [-0.05, 0) is 30.7 Å². The SMILES string of the molecule is O=C1NC(=O)C([C@@H]2CCOc3cc(Oc4ccc(C(F)(F)F)cc4OC(F)F)ccc32)O1. The minimum atomic E-state index is -4.76. The van der Waals surface area contributed by atoms with Crippen molar-refractivity contribution in [3.63, 3.8) is 0 Å². The molecular weight excluding hydrogens is 445 g/mol. The molecule has 1 saturated heterocycles. The quantitative estimate of drug-likeness (QED) is 0.659. The smallest absolute Gasteiger partial charge is 0.416 e. The second-order valence-electron chi connectivity index (χ2n) is 6.90. The van der Waals surface area contributed by atoms with Crippen LogP contribution < -0.4 is 19.5 Å². The van der Waals surface area contributed by atoms with Crippen molar-refractivity contribution in [2.75, 3.05) is 6.61 Å². The van der Waals surface area contributed by atoms with Gasteiger partial charge in [-0.2, -0.15) is 22.0 Å². The highest BCUT2D eigenvalue weighted by Crippen LogP contribution is 2.43. The standard InChI is InChI=1S/C20H14F5NO6/c21-18(22)31-15-7-9(20(23,24)25)1-4-13(15)30-10-2-3-11-12(5-6-29-14(11)8-10)16-17(27)26-19(28)32-16/h1-4,7-8,12,16,18H,5-6H2,(H,26,27,28)/t12-,16?/m1/s1. The predicted molar refractivity (Wildman–Crippen MR) is 95.9 cm³/mol. The van der Waals surface area contributed by atoms with E-state index in [2.05, 4.69) is 10.1 Å². The van der Waals surface area contributed by atoms with E-state index in [0.29, 0.717) is 24.1 Å². The second-order valence-corrected chi connectivity index (χ2v) is 6.90. The zero-order valence-electron chi connectivity index (χ0n) is 15.9. The molecule has 0 aromatic heterocycles. The number of alkyl carbamates (subject to hydrolysis) is 1. The third-order valence-corrected chi connectivity index (χ3v) is 4.87. The average molecular weight is 459 g/mol. The van der Waals surface area contributed by atoms with E-state index in [0.717, 1.165) is 6.07 Å². The lowest BCUT2D eigenvalue weighted by Gasteiger charge is -2.28. The molecule has 2 heterocycles. The summed E-state index contributed by atoms with van der Waals surface area (Å²) in [5.74, 6) is -1.86. The van der Waals surface area contributed by atoms with Crippen molar-refractivity contribution in [2.45, 2.75) is 31.2 Å². The summed E-state index contributed by atoms with van der Waals surface area (Å²) in [6, 6.07) is 6.29. The monoisotopic (exact) mass is 459 g/mol. The molecule has 1 fully saturated rings. The highest BCUT2D eigenvalue weighted by Gasteiger charge is 2.41. The minimum absolute atomic E-state index is 0.0659. The molecule has 2 aromatic carbocycles. The van der Waals surface area contributed by atoms with Crippen LogP contribution in [0.5, 0.6) is 23.0 Å². The molecule has 1 N–H and O–H groups in total. The van der Waals surface area contributed by atoms with E-state index < -0.39 is 48.1 Å². The third kappa shape index (κ3) is 4.39. The maximum atomic E-state index is 12.9. The molecule has 2 aliphatic rings. The number of hydrogen-bond donors (Lipinski definition) is 1. The van der Waals surface area contributed by atoms with Gasteiger partial charge in [-0.25, -0.2) is 4.79 Å². The van der Waals surface area contributed by atoms with Crippen molar-refractivity contribution in [1.82, 2.24) is 5.32 Å². The molecule has 2 aliphatic heterocycles. The van der Waals surface area contributed by atoms with Gasteiger partial charge in [0.25, 0.3) is 5.91 Å². The Balaban J connectivity index is 1.61. The van der Waals surface area contributed by atoms with E-state index in [9.17, 15) is 31.5 Å². The first-order valence-electron chi connectivity index (χ1n) is 9.24. The summed E-state index contributed by atoms with van der Waals surface area (Å²) in [6.07, 6.45) is -6.24. The number of carbonyl (C=O) groups excluding carboxylic acids is 2. The lowest BCUT2D eigenvalue weighted by Crippen LogP contribution is -2.32. The molecule has 2 amide bonds. The second kappa shape index (κ2) is 8.17. The lowest BCUT2D eigenvalue weighted by molar-refractivity contribution is -0.138. The van der Waals surface area contributed by atoms with Crippen molar-refractivity contribution >= 4 is 12.0 Å². The first-order valence-corrected chi connectivity index (χ1v) is 9.24. The largest absolute Gasteiger partial charge is 0.493 e. The summed E-state index contributed by atoms with van der Waals surface area (Å²) in [7, 11) is 0. The Morgan fingerprint density at radius 1 is 1.06 bits per heavy atom. The van der Waals surface area contributed by atoms with Gasteiger partial charge in [0.2, 0.25) is 0 Å². The molecular formula is C20H14F5NO6. The van der Waals surface area contributed by atoms with Gasteiger partial charge in [0.15, 0.2) is 17.6 Å². The Hall–Kier alpha value is -3.57. The molecule has 1 unspecified atom stereocenters. The predicted octanol–water partition coefficient (Wildman–Crippen LogP) is 4.60. The van der Waals surface area contributed by atoms with Gasteiger partial charge < -0.3 is 18.9 Å². The van der Waals surface area contributed by atoms with Crippen molar-refractivity contribution in [1.29, 1.82) is 0 Å². The van der Waals surface area contributed by atoms with Crippen LogP contribution in [-0.2, 0) is 15.7 Å². The molecule has 12 heteroatoms. The summed E-state index contributed by atoms with van der Waals surface area (Å²) in [4.78, 5) is 23.3. The summed E-state index contributed by atoms with van der Waals surface area (Å²) in [5.41, 5.74) is -0.628. The van der Waals surface area contributed by atoms with E-state index in [1.807, 2.05) is 0 Å². The molecule has 4 rings (SSSR count). The molecule has 0 radical (unpaired) electrons. The summed E-state index contributed by atoms with van der Waals surface area (Å²) < 4.78 is 84.4. The highest BCUT2D eigenvalue weighted by molar-refractivity contribution is 6.00. The van der Waals surface area contributed by atoms with Gasteiger partial charge in [0.1, 0.15) is 11.5 Å². The van der Waals surface area contributed by atoms with Crippen LogP contribution in [-0.4, -0.2) is 31.3 Å². The van der Waals surface area contributed by atoms with Gasteiger partial charge in [0, 0.05) is 17.5 Å². The van der Waals surface area contributed by atoms with E-state index in [1.165, 1.54) is 18.2 Å². The summed E-state index contributed by atoms with van der Waals surface area (Å²) in [5, 5.41) is 2.06. The van der Waals surface area contributed by atoms with E-state index in [-0.39, 0.29) is 23.9 Å². The maximum Gasteiger partial charge on any atom is 0.416 e. The van der Waals surface area contributed by atoms with Crippen LogP contribution in [0.4, 0.5) is 26.7 Å². The van der Waals surface area contributed by atoms with Crippen molar-refractivity contribution in [3.8, 4) is 23.0 Å². The number of halogens is 5. The van der Waals surface area contributed by atoms with Gasteiger partial charge >= 0.3 is 18.9 Å². The molecule has 0 spiro atoms. The van der Waals surface area contributed by atoms with Crippen molar-refractivity contribution < 1.29 is 50.5 Å². The summed E-state index contributed by atoms with van der Waals surface area (Å²) >= 11 is 0. The number of amides is 2. The number of imide groups is 1. The Labute approximate surface area is 177 Å². The number of nitrogens with one attached hydrogen (secondary N) is 1. The fraction of sp³-hybridized carbons (Fsp3) is 0.300. The van der Waals surface area contributed by atoms with Gasteiger partial charge in [0.05, 0.1) is 12.2 Å². The molecule has 2 atom stereocenters. The lowest BCUT2D eigenvalue weighted by atomic mass is 9.88. The number of ether oxygens (including phenoxy) is 4. The first-order chi connectivity index (χ1) is 15.1. The normalized spacial score (nSPS) is 20.3. The Bertz CT molecular complexity index is 1060. The maximum absolute atomic E-state index is 12.9. The van der Waals surface area contributed by atoms with Crippen LogP contribution in [0.15, 0.2) is 36.4 Å². The zero-order chi connectivity index (χ0) is 23.0. The number of alkyl halides is 5. The van der Waals surface area contributed by atoms with Crippen molar-refractivity contribution in [2.24, 2.45) is 0 Å². The van der Waals surface area contributed by atoms with Crippen LogP contribution in [0.2, 0.25) is 0 Å². The Kier molecular flexibility index (Phi) is 5.53. The topological polar surface area (TPSA) is 83.1 Å². The van der Waals surface area contributed by atoms with Crippen LogP contribution in [0.25, 0.3) is 0 Å². The molecule has 7 nitrogen and oxygen atoms in total. The summed E-state index contributed by atoms with van der Waals surface area (Å²) in [6.45, 7) is -3.17. The molecule has 2 aromatic rings. The molecule has 0 bridgehead atoms. The zero-order valence-corrected chi connectivity index (χ0v) is 15.9. The number of cyclic esters (lactones) is 1. The first kappa shape index (κ1) is 21.7. The van der Waals surface area contributed by atoms with Crippen LogP contribution in [0.1, 0.15) is 23.5 Å². The van der Waals surface area contributed by atoms with E-state index in [4.69, 9.17) is 14.2 Å². The fourth-order valence-electron chi connectivity index (χ4n) is 3.49. The van der Waals surface area contributed by atoms with E-state index in [1.54, 1.807) is 0 Å². The van der Waals surface area contributed by atoms with Crippen LogP contribution in [0.3, 0.4) is 0 Å². The molecule has 0 aliphatic carbocycles. The number of carbonyl (C=O) groups is 2. The Morgan fingerprint density at radius 2 is 1.84 bits per heavy atom. The van der Waals surface area contributed by atoms with Crippen LogP contribution >= 0.6 is 0 Å². The minimum Gasteiger partial charge on any atom is -0.493 e. The molecule has 32 heavy (non-hydrogen) atoms. The third-order valence-electron chi connectivity index (χ3n) is 4.87.